The van der Waals surface area contributed by atoms with Crippen LogP contribution in [0.3, 0.4) is 0 Å². The normalized spacial score (nSPS) is 10.1. The summed E-state index contributed by atoms with van der Waals surface area (Å²) in [6.45, 7) is 0. The van der Waals surface area contributed by atoms with Gasteiger partial charge in [-0.25, -0.2) is 0 Å². The van der Waals surface area contributed by atoms with E-state index < -0.39 is 0 Å². The number of benzene rings is 2. The lowest BCUT2D eigenvalue weighted by Crippen LogP contribution is -2.03. The molecule has 0 saturated carbocycles. The van der Waals surface area contributed by atoms with Crippen LogP contribution < -0.4 is 13.9 Å². The van der Waals surface area contributed by atoms with E-state index in [2.05, 4.69) is 4.98 Å². The number of halogens is 2. The van der Waals surface area contributed by atoms with Gasteiger partial charge in [0, 0.05) is 35.5 Å². The third-order valence-corrected chi connectivity index (χ3v) is 3.87. The average Bonchev–Trinajstić information content (AvgIpc) is 2.59. The fourth-order valence-corrected chi connectivity index (χ4v) is 2.64. The van der Waals surface area contributed by atoms with Crippen LogP contribution in [-0.2, 0) is 0 Å². The molecule has 0 aliphatic rings. The molecule has 0 atom stereocenters. The number of pyridine rings is 1. The molecule has 0 radical (unpaired) electrons. The highest BCUT2D eigenvalue weighted by molar-refractivity contribution is 6.31. The first-order valence-electron chi connectivity index (χ1n) is 6.89. The summed E-state index contributed by atoms with van der Waals surface area (Å²) < 4.78 is 12.1. The van der Waals surface area contributed by atoms with Crippen molar-refractivity contribution < 1.29 is 14.6 Å². The lowest BCUT2D eigenvalue weighted by atomic mass is 10.1. The molecule has 7 heteroatoms. The fraction of sp³-hybridized carbons (Fsp3) is 0.118. The lowest BCUT2D eigenvalue weighted by molar-refractivity contribution is 0.356. The van der Waals surface area contributed by atoms with Gasteiger partial charge in [0.1, 0.15) is 5.75 Å². The quantitative estimate of drug-likeness (QED) is 0.679. The molecule has 1 aromatic heterocycles. The number of ether oxygens (including phenoxy) is 2. The molecule has 0 aliphatic heterocycles. The molecule has 2 aromatic carbocycles. The van der Waals surface area contributed by atoms with Gasteiger partial charge in [-0.1, -0.05) is 6.07 Å². The summed E-state index contributed by atoms with van der Waals surface area (Å²) in [6, 6.07) is 12.1. The summed E-state index contributed by atoms with van der Waals surface area (Å²) in [5.74, 6) is 1.34. The number of fused-ring (bicyclic) bond motifs is 1. The molecule has 0 fully saturated rings. The summed E-state index contributed by atoms with van der Waals surface area (Å²) in [5, 5.41) is 10.4. The molecule has 0 spiro atoms. The zero-order valence-corrected chi connectivity index (χ0v) is 14.6. The Balaban J connectivity index is 0.00000208. The number of nitrogens with zero attached hydrogens (tertiary/aromatic N) is 2. The van der Waals surface area contributed by atoms with Gasteiger partial charge in [0.05, 0.1) is 31.1 Å². The minimum atomic E-state index is 0. The van der Waals surface area contributed by atoms with Crippen LogP contribution >= 0.6 is 24.2 Å². The van der Waals surface area contributed by atoms with Gasteiger partial charge in [-0.15, -0.1) is 12.4 Å². The van der Waals surface area contributed by atoms with Gasteiger partial charge < -0.3 is 14.6 Å². The Morgan fingerprint density at radius 2 is 1.75 bits per heavy atom. The van der Waals surface area contributed by atoms with E-state index in [-0.39, 0.29) is 18.2 Å². The van der Waals surface area contributed by atoms with Crippen LogP contribution in [0.25, 0.3) is 10.9 Å². The molecule has 5 nitrogen and oxygen atoms in total. The van der Waals surface area contributed by atoms with Gasteiger partial charge in [-0.3, -0.25) is 9.40 Å². The second-order valence-corrected chi connectivity index (χ2v) is 5.19. The van der Waals surface area contributed by atoms with Gasteiger partial charge in [0.25, 0.3) is 0 Å². The number of hydrogen-bond donors (Lipinski definition) is 1. The number of aromatic nitrogens is 1. The molecule has 3 rings (SSSR count). The molecular formula is C17H16Cl2N2O3. The minimum Gasteiger partial charge on any atom is -0.508 e. The zero-order valence-electron chi connectivity index (χ0n) is 13.1. The van der Waals surface area contributed by atoms with Gasteiger partial charge in [0.2, 0.25) is 0 Å². The van der Waals surface area contributed by atoms with Crippen molar-refractivity contribution >= 4 is 46.5 Å². The largest absolute Gasteiger partial charge is 0.508 e. The summed E-state index contributed by atoms with van der Waals surface area (Å²) in [5.41, 5.74) is 2.10. The van der Waals surface area contributed by atoms with Crippen molar-refractivity contribution in [1.82, 2.24) is 4.98 Å². The van der Waals surface area contributed by atoms with Crippen LogP contribution in [0.5, 0.6) is 17.2 Å². The Kier molecular flexibility index (Phi) is 5.59. The van der Waals surface area contributed by atoms with Crippen molar-refractivity contribution in [2.24, 2.45) is 0 Å². The molecule has 0 unspecified atom stereocenters. The van der Waals surface area contributed by atoms with Crippen molar-refractivity contribution in [2.75, 3.05) is 18.6 Å². The molecule has 0 amide bonds. The number of aromatic hydroxyl groups is 1. The third-order valence-electron chi connectivity index (χ3n) is 3.49. The first kappa shape index (κ1) is 18.0. The molecule has 0 bridgehead atoms. The summed E-state index contributed by atoms with van der Waals surface area (Å²) in [6.07, 6.45) is 1.67. The maximum atomic E-state index is 9.64. The average molecular weight is 367 g/mol. The predicted octanol–water partition coefficient (Wildman–Crippen LogP) is 4.67. The minimum absolute atomic E-state index is 0. The first-order chi connectivity index (χ1) is 11.1. The molecular weight excluding hydrogens is 351 g/mol. The van der Waals surface area contributed by atoms with Crippen molar-refractivity contribution in [3.05, 3.63) is 48.7 Å². The molecule has 1 heterocycles. The molecule has 24 heavy (non-hydrogen) atoms. The Labute approximate surface area is 150 Å². The van der Waals surface area contributed by atoms with E-state index in [1.54, 1.807) is 56.8 Å². The summed E-state index contributed by atoms with van der Waals surface area (Å²) in [4.78, 5) is 4.35. The van der Waals surface area contributed by atoms with Crippen LogP contribution in [0.2, 0.25) is 0 Å². The predicted molar refractivity (Wildman–Crippen MR) is 98.2 cm³/mol. The van der Waals surface area contributed by atoms with E-state index >= 15 is 0 Å². The summed E-state index contributed by atoms with van der Waals surface area (Å²) >= 11 is 6.47. The topological polar surface area (TPSA) is 54.8 Å². The smallest absolute Gasteiger partial charge is 0.162 e. The second kappa shape index (κ2) is 7.47. The van der Waals surface area contributed by atoms with E-state index in [0.717, 1.165) is 16.6 Å². The van der Waals surface area contributed by atoms with E-state index in [4.69, 9.17) is 21.3 Å². The van der Waals surface area contributed by atoms with Gasteiger partial charge in [0.15, 0.2) is 11.5 Å². The van der Waals surface area contributed by atoms with Crippen molar-refractivity contribution in [1.29, 1.82) is 0 Å². The third kappa shape index (κ3) is 3.27. The van der Waals surface area contributed by atoms with E-state index in [9.17, 15) is 5.11 Å². The van der Waals surface area contributed by atoms with Crippen molar-refractivity contribution in [3.8, 4) is 17.2 Å². The second-order valence-electron chi connectivity index (χ2n) is 4.86. The maximum Gasteiger partial charge on any atom is 0.162 e. The van der Waals surface area contributed by atoms with E-state index in [0.29, 0.717) is 17.2 Å². The number of phenols is 1. The fourth-order valence-electron chi connectivity index (χ4n) is 2.38. The van der Waals surface area contributed by atoms with E-state index in [1.807, 2.05) is 6.07 Å². The van der Waals surface area contributed by atoms with Crippen LogP contribution in [0, 0.1) is 0 Å². The number of anilines is 2. The number of rotatable bonds is 4. The monoisotopic (exact) mass is 366 g/mol. The molecule has 1 N–H and O–H groups in total. The van der Waals surface area contributed by atoms with Gasteiger partial charge in [-0.2, -0.15) is 0 Å². The van der Waals surface area contributed by atoms with Crippen LogP contribution in [0.1, 0.15) is 0 Å². The molecule has 3 aromatic rings. The van der Waals surface area contributed by atoms with Gasteiger partial charge in [-0.05, 0) is 24.3 Å². The van der Waals surface area contributed by atoms with Crippen LogP contribution in [0.15, 0.2) is 48.7 Å². The van der Waals surface area contributed by atoms with Gasteiger partial charge >= 0.3 is 0 Å². The Hall–Kier alpha value is -2.37. The highest BCUT2D eigenvalue weighted by atomic mass is 35.5. The van der Waals surface area contributed by atoms with Crippen molar-refractivity contribution in [2.45, 2.75) is 0 Å². The number of methoxy groups -OCH3 is 2. The lowest BCUT2D eigenvalue weighted by Gasteiger charge is -2.19. The van der Waals surface area contributed by atoms with Crippen LogP contribution in [-0.4, -0.2) is 24.3 Å². The molecule has 0 aliphatic carbocycles. The SMILES string of the molecule is COc1cc2nccc(N(Cl)c3cccc(O)c3)c2cc1OC.Cl. The summed E-state index contributed by atoms with van der Waals surface area (Å²) in [7, 11) is 3.15. The highest BCUT2D eigenvalue weighted by Crippen LogP contribution is 2.39. The number of phenolic OH excluding ortho intramolecular Hbond substituents is 1. The van der Waals surface area contributed by atoms with Crippen LogP contribution in [0.4, 0.5) is 11.4 Å². The Bertz CT molecular complexity index is 858. The highest BCUT2D eigenvalue weighted by Gasteiger charge is 2.14. The standard InChI is InChI=1S/C17H15ClN2O3.ClH/c1-22-16-9-13-14(10-17(16)23-2)19-7-6-15(13)20(18)11-4-3-5-12(21)8-11;/h3-10,21H,1-2H3;1H. The number of hydrogen-bond acceptors (Lipinski definition) is 5. The Morgan fingerprint density at radius 3 is 2.42 bits per heavy atom. The first-order valence-corrected chi connectivity index (χ1v) is 7.23. The maximum absolute atomic E-state index is 9.64. The zero-order chi connectivity index (χ0) is 16.4. The molecule has 126 valence electrons. The molecule has 0 saturated heterocycles. The van der Waals surface area contributed by atoms with E-state index in [1.165, 1.54) is 4.42 Å². The van der Waals surface area contributed by atoms with Crippen molar-refractivity contribution in [3.63, 3.8) is 0 Å². The Morgan fingerprint density at radius 1 is 1.04 bits per heavy atom.